The van der Waals surface area contributed by atoms with Crippen LogP contribution in [0.3, 0.4) is 0 Å². The first-order valence-corrected chi connectivity index (χ1v) is 30.9. The lowest BCUT2D eigenvalue weighted by molar-refractivity contribution is -0.124. The first-order chi connectivity index (χ1) is 33.3. The summed E-state index contributed by atoms with van der Waals surface area (Å²) >= 11 is 11.0. The third-order valence-electron chi connectivity index (χ3n) is 13.9. The first-order valence-electron chi connectivity index (χ1n) is 26.0. The normalized spacial score (nSPS) is 15.0. The number of aryl methyl sites for hydroxylation is 2. The van der Waals surface area contributed by atoms with E-state index in [1.165, 1.54) is 100 Å². The van der Waals surface area contributed by atoms with E-state index in [2.05, 4.69) is 114 Å². The number of amides is 2. The van der Waals surface area contributed by atoms with Crippen molar-refractivity contribution in [3.63, 3.8) is 0 Å². The maximum Gasteiger partial charge on any atom is 0.261 e. The Balaban J connectivity index is 1.15. The summed E-state index contributed by atoms with van der Waals surface area (Å²) in [5.41, 5.74) is 2.88. The van der Waals surface area contributed by atoms with Gasteiger partial charge >= 0.3 is 0 Å². The van der Waals surface area contributed by atoms with Gasteiger partial charge in [0, 0.05) is 61.9 Å². The summed E-state index contributed by atoms with van der Waals surface area (Å²) in [5, 5.41) is 0. The summed E-state index contributed by atoms with van der Waals surface area (Å²) in [5.74, 6) is 0.687. The predicted molar refractivity (Wildman–Crippen MR) is 301 cm³/mol. The number of nitrogens with zero attached hydrogens (tertiary/aromatic N) is 2. The highest BCUT2D eigenvalue weighted by Crippen LogP contribution is 2.52. The highest BCUT2D eigenvalue weighted by Gasteiger charge is 2.50. The molecule has 0 fully saturated rings. The molecule has 2 unspecified atom stereocenters. The molecule has 10 heteroatoms. The molecule has 6 aromatic rings. The van der Waals surface area contributed by atoms with Crippen molar-refractivity contribution in [2.45, 2.75) is 157 Å². The highest BCUT2D eigenvalue weighted by molar-refractivity contribution is 7.27. The summed E-state index contributed by atoms with van der Waals surface area (Å²) < 4.78 is 0. The van der Waals surface area contributed by atoms with E-state index in [9.17, 15) is 0 Å². The van der Waals surface area contributed by atoms with Crippen LogP contribution in [-0.4, -0.2) is 34.7 Å². The van der Waals surface area contributed by atoms with E-state index in [4.69, 9.17) is 0 Å². The van der Waals surface area contributed by atoms with E-state index in [0.717, 1.165) is 85.4 Å². The molecule has 0 spiro atoms. The number of hydrogen-bond donors (Lipinski definition) is 0. The Kier molecular flexibility index (Phi) is 18.5. The molecule has 0 aliphatic carbocycles. The smallest absolute Gasteiger partial charge is 0.261 e. The molecule has 2 aliphatic heterocycles. The second-order valence-corrected chi connectivity index (χ2v) is 25.6. The van der Waals surface area contributed by atoms with Gasteiger partial charge in [0.1, 0.15) is 0 Å². The third kappa shape index (κ3) is 11.7. The molecule has 0 bridgehead atoms. The molecule has 0 saturated heterocycles. The van der Waals surface area contributed by atoms with Crippen LogP contribution in [-0.2, 0) is 22.4 Å². The fourth-order valence-corrected chi connectivity index (χ4v) is 16.4. The largest absolute Gasteiger partial charge is 0.306 e. The number of fused-ring (bicyclic) bond motifs is 1. The van der Waals surface area contributed by atoms with Gasteiger partial charge in [-0.05, 0) is 123 Å². The first kappa shape index (κ1) is 51.0. The number of rotatable bonds is 28. The molecule has 8 heterocycles. The zero-order valence-corrected chi connectivity index (χ0v) is 46.3. The van der Waals surface area contributed by atoms with Crippen molar-refractivity contribution in [3.05, 3.63) is 103 Å². The van der Waals surface area contributed by atoms with Crippen molar-refractivity contribution in [2.24, 2.45) is 11.8 Å². The SMILES string of the molecule is CCCCCCc1ccc(-c2ccc(-c3ccc(C4=C5C(=O)N(CC(CC)CCCC)C(c6ccc(-c7ccc(-c8ccc(CCCCCC)s8)s7)s6)=C5C(=O)N4CC(CC)CCCC)s3)s2)s1. The molecular formula is C58H72N2O2S6. The molecule has 2 aliphatic rings. The maximum atomic E-state index is 15.4. The van der Waals surface area contributed by atoms with Crippen LogP contribution >= 0.6 is 68.0 Å². The van der Waals surface area contributed by atoms with Gasteiger partial charge in [0.05, 0.1) is 32.3 Å². The molecular weight excluding hydrogens is 949 g/mol. The van der Waals surface area contributed by atoms with Crippen molar-refractivity contribution in [1.82, 2.24) is 9.80 Å². The number of hydrogen-bond acceptors (Lipinski definition) is 8. The van der Waals surface area contributed by atoms with E-state index in [-0.39, 0.29) is 11.8 Å². The fraction of sp³-hybridized carbons (Fsp3) is 0.483. The van der Waals surface area contributed by atoms with Gasteiger partial charge in [-0.2, -0.15) is 0 Å². The van der Waals surface area contributed by atoms with Crippen LogP contribution in [0, 0.1) is 11.8 Å². The van der Waals surface area contributed by atoms with E-state index in [1.807, 2.05) is 55.1 Å². The Labute approximate surface area is 431 Å². The minimum absolute atomic E-state index is 0.00878. The topological polar surface area (TPSA) is 40.6 Å². The number of carbonyl (C=O) groups excluding carboxylic acids is 2. The van der Waals surface area contributed by atoms with Crippen molar-refractivity contribution >= 4 is 91.2 Å². The van der Waals surface area contributed by atoms with Crippen LogP contribution in [0.25, 0.3) is 50.4 Å². The Bertz CT molecular complexity index is 2480. The molecule has 362 valence electrons. The molecule has 0 aromatic carbocycles. The average molecular weight is 1020 g/mol. The summed E-state index contributed by atoms with van der Waals surface area (Å²) in [6.45, 7) is 14.8. The van der Waals surface area contributed by atoms with Gasteiger partial charge in [0.15, 0.2) is 0 Å². The molecule has 68 heavy (non-hydrogen) atoms. The summed E-state index contributed by atoms with van der Waals surface area (Å²) in [4.78, 5) is 50.0. The van der Waals surface area contributed by atoms with Gasteiger partial charge in [0.25, 0.3) is 11.8 Å². The second-order valence-electron chi connectivity index (χ2n) is 18.9. The lowest BCUT2D eigenvalue weighted by atomic mass is 9.98. The van der Waals surface area contributed by atoms with Gasteiger partial charge in [-0.1, -0.05) is 119 Å². The van der Waals surface area contributed by atoms with Gasteiger partial charge < -0.3 is 9.80 Å². The highest BCUT2D eigenvalue weighted by atomic mass is 32.1. The minimum atomic E-state index is -0.00878. The Morgan fingerprint density at radius 2 is 0.676 bits per heavy atom. The molecule has 2 atom stereocenters. The lowest BCUT2D eigenvalue weighted by Crippen LogP contribution is -2.34. The Morgan fingerprint density at radius 1 is 0.368 bits per heavy atom. The fourth-order valence-electron chi connectivity index (χ4n) is 9.75. The number of thiophene rings is 6. The van der Waals surface area contributed by atoms with Gasteiger partial charge in [-0.15, -0.1) is 68.0 Å². The molecule has 0 saturated carbocycles. The van der Waals surface area contributed by atoms with Crippen molar-refractivity contribution in [2.75, 3.05) is 13.1 Å². The van der Waals surface area contributed by atoms with Crippen LogP contribution in [0.15, 0.2) is 83.9 Å². The van der Waals surface area contributed by atoms with Gasteiger partial charge in [0.2, 0.25) is 0 Å². The molecule has 0 radical (unpaired) electrons. The zero-order valence-electron chi connectivity index (χ0n) is 41.4. The van der Waals surface area contributed by atoms with Gasteiger partial charge in [-0.3, -0.25) is 9.59 Å². The van der Waals surface area contributed by atoms with Crippen molar-refractivity contribution in [1.29, 1.82) is 0 Å². The number of carbonyl (C=O) groups is 2. The Morgan fingerprint density at radius 3 is 1.01 bits per heavy atom. The molecule has 4 nitrogen and oxygen atoms in total. The summed E-state index contributed by atoms with van der Waals surface area (Å²) in [7, 11) is 0. The van der Waals surface area contributed by atoms with Crippen LogP contribution in [0.1, 0.15) is 164 Å². The summed E-state index contributed by atoms with van der Waals surface area (Å²) in [6.07, 6.45) is 21.2. The molecule has 2 amide bonds. The van der Waals surface area contributed by atoms with E-state index in [1.54, 1.807) is 22.7 Å². The zero-order chi connectivity index (χ0) is 47.6. The summed E-state index contributed by atoms with van der Waals surface area (Å²) in [6, 6.07) is 27.1. The van der Waals surface area contributed by atoms with Crippen LogP contribution in [0.5, 0.6) is 0 Å². The molecule has 8 rings (SSSR count). The monoisotopic (exact) mass is 1020 g/mol. The van der Waals surface area contributed by atoms with Crippen LogP contribution in [0.4, 0.5) is 0 Å². The molecule has 0 N–H and O–H groups in total. The van der Waals surface area contributed by atoms with Crippen molar-refractivity contribution in [3.8, 4) is 39.0 Å². The van der Waals surface area contributed by atoms with E-state index < -0.39 is 0 Å². The lowest BCUT2D eigenvalue weighted by Gasteiger charge is -2.29. The van der Waals surface area contributed by atoms with Crippen LogP contribution in [0.2, 0.25) is 0 Å². The number of unbranched alkanes of at least 4 members (excludes halogenated alkanes) is 8. The minimum Gasteiger partial charge on any atom is -0.306 e. The van der Waals surface area contributed by atoms with E-state index in [0.29, 0.717) is 36.1 Å². The van der Waals surface area contributed by atoms with E-state index >= 15 is 9.59 Å². The predicted octanol–water partition coefficient (Wildman–Crippen LogP) is 19.2. The van der Waals surface area contributed by atoms with Gasteiger partial charge in [-0.25, -0.2) is 0 Å². The quantitative estimate of drug-likeness (QED) is 0.0460. The average Bonchev–Trinajstić information content (AvgIpc) is 4.20. The standard InChI is InChI=1S/C58H72N2O2S6/c1-7-13-17-19-23-41-25-27-43(63-41)45-29-31-47(65-45)49-33-35-51(67-49)55-53-54(58(62)59(55)37-39(11-5)21-15-9-3)56(60(57(53)61)38-40(12-6)22-16-10-4)52-36-34-50(68-52)48-32-30-46(66-48)44-28-26-42(64-44)24-20-18-14-8-2/h25-36,39-40H,7-24,37-38H2,1-6H3. The van der Waals surface area contributed by atoms with Crippen molar-refractivity contribution < 1.29 is 9.59 Å². The molecule has 6 aromatic heterocycles. The Hall–Kier alpha value is -3.38. The van der Waals surface area contributed by atoms with Crippen LogP contribution < -0.4 is 0 Å². The second kappa shape index (κ2) is 24.6. The maximum absolute atomic E-state index is 15.4. The third-order valence-corrected chi connectivity index (χ3v) is 21.3.